The molecule has 124 valence electrons. The molecular formula is C18H31N3O. The van der Waals surface area contributed by atoms with Crippen LogP contribution in [0.25, 0.3) is 0 Å². The zero-order valence-corrected chi connectivity index (χ0v) is 14.4. The third kappa shape index (κ3) is 7.05. The minimum atomic E-state index is -0.391. The molecule has 3 N–H and O–H groups in total. The summed E-state index contributed by atoms with van der Waals surface area (Å²) in [5.41, 5.74) is 7.18. The fourth-order valence-corrected chi connectivity index (χ4v) is 2.40. The number of benzene rings is 1. The van der Waals surface area contributed by atoms with E-state index in [4.69, 9.17) is 5.73 Å². The smallest absolute Gasteiger partial charge is 0.236 e. The highest BCUT2D eigenvalue weighted by molar-refractivity contribution is 5.81. The van der Waals surface area contributed by atoms with Crippen LogP contribution in [0.3, 0.4) is 0 Å². The third-order valence-electron chi connectivity index (χ3n) is 3.95. The Morgan fingerprint density at radius 2 is 1.86 bits per heavy atom. The number of hydrogen-bond donors (Lipinski definition) is 2. The van der Waals surface area contributed by atoms with Crippen molar-refractivity contribution in [2.24, 2.45) is 11.7 Å². The second-order valence-corrected chi connectivity index (χ2v) is 6.57. The van der Waals surface area contributed by atoms with Gasteiger partial charge in [0.05, 0.1) is 6.04 Å². The van der Waals surface area contributed by atoms with Crippen LogP contribution in [0, 0.1) is 5.92 Å². The number of nitrogens with one attached hydrogen (secondary N) is 1. The summed E-state index contributed by atoms with van der Waals surface area (Å²) in [6.07, 6.45) is 1.65. The number of carbonyl (C=O) groups excluding carboxylic acids is 1. The van der Waals surface area contributed by atoms with Crippen molar-refractivity contribution in [3.8, 4) is 0 Å². The van der Waals surface area contributed by atoms with Crippen LogP contribution in [0.5, 0.6) is 0 Å². The van der Waals surface area contributed by atoms with E-state index < -0.39 is 6.04 Å². The van der Waals surface area contributed by atoms with Crippen molar-refractivity contribution in [3.05, 3.63) is 35.9 Å². The van der Waals surface area contributed by atoms with Gasteiger partial charge in [-0.3, -0.25) is 9.69 Å². The molecular weight excluding hydrogens is 274 g/mol. The molecule has 0 aliphatic carbocycles. The topological polar surface area (TPSA) is 58.4 Å². The first-order valence-corrected chi connectivity index (χ1v) is 8.17. The summed E-state index contributed by atoms with van der Waals surface area (Å²) in [6.45, 7) is 7.93. The van der Waals surface area contributed by atoms with Gasteiger partial charge >= 0.3 is 0 Å². The molecule has 1 aromatic rings. The Hall–Kier alpha value is -1.39. The van der Waals surface area contributed by atoms with Crippen molar-refractivity contribution in [2.75, 3.05) is 13.6 Å². The van der Waals surface area contributed by atoms with E-state index in [9.17, 15) is 4.79 Å². The van der Waals surface area contributed by atoms with Crippen LogP contribution in [-0.2, 0) is 11.3 Å². The monoisotopic (exact) mass is 305 g/mol. The molecule has 0 bridgehead atoms. The van der Waals surface area contributed by atoms with E-state index in [2.05, 4.69) is 62.3 Å². The number of hydrogen-bond acceptors (Lipinski definition) is 3. The standard InChI is InChI=1S/C18H31N3O/c1-14(2)12-17(19)18(22)20-11-10-15(3)21(4)13-16-8-6-5-7-9-16/h5-9,14-15,17H,10-13,19H2,1-4H3,(H,20,22)/t15?,17-/m0/s1. The summed E-state index contributed by atoms with van der Waals surface area (Å²) in [7, 11) is 2.12. The number of nitrogens with two attached hydrogens (primary N) is 1. The van der Waals surface area contributed by atoms with E-state index in [0.29, 0.717) is 18.5 Å². The lowest BCUT2D eigenvalue weighted by molar-refractivity contribution is -0.122. The van der Waals surface area contributed by atoms with E-state index in [1.165, 1.54) is 5.56 Å². The lowest BCUT2D eigenvalue weighted by atomic mass is 10.0. The van der Waals surface area contributed by atoms with E-state index in [1.807, 2.05) is 6.07 Å². The number of nitrogens with zero attached hydrogens (tertiary/aromatic N) is 1. The molecule has 0 fully saturated rings. The largest absolute Gasteiger partial charge is 0.355 e. The molecule has 0 radical (unpaired) electrons. The zero-order chi connectivity index (χ0) is 16.5. The predicted molar refractivity (Wildman–Crippen MR) is 92.4 cm³/mol. The Labute approximate surface area is 135 Å². The van der Waals surface area contributed by atoms with Crippen LogP contribution in [-0.4, -0.2) is 36.5 Å². The normalized spacial score (nSPS) is 14.1. The Morgan fingerprint density at radius 3 is 2.45 bits per heavy atom. The summed E-state index contributed by atoms with van der Waals surface area (Å²) in [5, 5.41) is 2.95. The SMILES string of the molecule is CC(C)C[C@H](N)C(=O)NCCC(C)N(C)Cc1ccccc1. The average Bonchev–Trinajstić information content (AvgIpc) is 2.47. The Balaban J connectivity index is 2.27. The molecule has 0 saturated carbocycles. The van der Waals surface area contributed by atoms with Crippen LogP contribution in [0.2, 0.25) is 0 Å². The predicted octanol–water partition coefficient (Wildman–Crippen LogP) is 2.39. The second kappa shape index (κ2) is 9.59. The Bertz CT molecular complexity index is 433. The maximum atomic E-state index is 11.9. The first kappa shape index (κ1) is 18.7. The Morgan fingerprint density at radius 1 is 1.23 bits per heavy atom. The molecule has 4 nitrogen and oxygen atoms in total. The van der Waals surface area contributed by atoms with Crippen molar-refractivity contribution in [1.29, 1.82) is 0 Å². The van der Waals surface area contributed by atoms with Gasteiger partial charge in [0.25, 0.3) is 0 Å². The molecule has 4 heteroatoms. The molecule has 1 aromatic carbocycles. The van der Waals surface area contributed by atoms with Crippen molar-refractivity contribution in [1.82, 2.24) is 10.2 Å². The van der Waals surface area contributed by atoms with Crippen molar-refractivity contribution in [3.63, 3.8) is 0 Å². The van der Waals surface area contributed by atoms with E-state index in [1.54, 1.807) is 0 Å². The molecule has 1 rings (SSSR count). The van der Waals surface area contributed by atoms with Crippen molar-refractivity contribution >= 4 is 5.91 Å². The summed E-state index contributed by atoms with van der Waals surface area (Å²) in [6, 6.07) is 10.4. The van der Waals surface area contributed by atoms with Gasteiger partial charge in [0.1, 0.15) is 0 Å². The first-order valence-electron chi connectivity index (χ1n) is 8.17. The van der Waals surface area contributed by atoms with Gasteiger partial charge in [0, 0.05) is 19.1 Å². The fraction of sp³-hybridized carbons (Fsp3) is 0.611. The van der Waals surface area contributed by atoms with Gasteiger partial charge in [-0.25, -0.2) is 0 Å². The first-order chi connectivity index (χ1) is 10.4. The molecule has 0 aromatic heterocycles. The number of carbonyl (C=O) groups is 1. The van der Waals surface area contributed by atoms with Crippen LogP contribution in [0.15, 0.2) is 30.3 Å². The lowest BCUT2D eigenvalue weighted by Gasteiger charge is -2.25. The molecule has 2 atom stereocenters. The van der Waals surface area contributed by atoms with Crippen molar-refractivity contribution < 1.29 is 4.79 Å². The molecule has 0 aliphatic heterocycles. The quantitative estimate of drug-likeness (QED) is 0.736. The summed E-state index contributed by atoms with van der Waals surface area (Å²) >= 11 is 0. The van der Waals surface area contributed by atoms with E-state index in [-0.39, 0.29) is 5.91 Å². The molecule has 0 spiro atoms. The van der Waals surface area contributed by atoms with Crippen LogP contribution >= 0.6 is 0 Å². The maximum absolute atomic E-state index is 11.9. The van der Waals surface area contributed by atoms with E-state index >= 15 is 0 Å². The Kier molecular flexibility index (Phi) is 8.13. The highest BCUT2D eigenvalue weighted by atomic mass is 16.2. The van der Waals surface area contributed by atoms with Crippen LogP contribution in [0.4, 0.5) is 0 Å². The van der Waals surface area contributed by atoms with Crippen LogP contribution in [0.1, 0.15) is 39.2 Å². The number of amides is 1. The minimum absolute atomic E-state index is 0.0355. The second-order valence-electron chi connectivity index (χ2n) is 6.57. The minimum Gasteiger partial charge on any atom is -0.355 e. The molecule has 0 heterocycles. The maximum Gasteiger partial charge on any atom is 0.236 e. The summed E-state index contributed by atoms with van der Waals surface area (Å²) < 4.78 is 0. The summed E-state index contributed by atoms with van der Waals surface area (Å²) in [4.78, 5) is 14.2. The fourth-order valence-electron chi connectivity index (χ4n) is 2.40. The molecule has 22 heavy (non-hydrogen) atoms. The van der Waals surface area contributed by atoms with Crippen LogP contribution < -0.4 is 11.1 Å². The highest BCUT2D eigenvalue weighted by Crippen LogP contribution is 2.08. The average molecular weight is 305 g/mol. The van der Waals surface area contributed by atoms with Gasteiger partial charge in [-0.2, -0.15) is 0 Å². The van der Waals surface area contributed by atoms with Gasteiger partial charge in [-0.05, 0) is 38.3 Å². The highest BCUT2D eigenvalue weighted by Gasteiger charge is 2.15. The van der Waals surface area contributed by atoms with Gasteiger partial charge in [0.15, 0.2) is 0 Å². The molecule has 0 saturated heterocycles. The van der Waals surface area contributed by atoms with Gasteiger partial charge < -0.3 is 11.1 Å². The molecule has 0 aliphatic rings. The lowest BCUT2D eigenvalue weighted by Crippen LogP contribution is -2.43. The van der Waals surface area contributed by atoms with Gasteiger partial charge in [-0.15, -0.1) is 0 Å². The van der Waals surface area contributed by atoms with Crippen molar-refractivity contribution in [2.45, 2.75) is 52.2 Å². The van der Waals surface area contributed by atoms with Gasteiger partial charge in [-0.1, -0.05) is 44.2 Å². The van der Waals surface area contributed by atoms with E-state index in [0.717, 1.165) is 19.4 Å². The molecule has 1 amide bonds. The number of rotatable bonds is 9. The summed E-state index contributed by atoms with van der Waals surface area (Å²) in [5.74, 6) is 0.406. The van der Waals surface area contributed by atoms with Gasteiger partial charge in [0.2, 0.25) is 5.91 Å². The molecule has 1 unspecified atom stereocenters. The zero-order valence-electron chi connectivity index (χ0n) is 14.4. The third-order valence-corrected chi connectivity index (χ3v) is 3.95.